The summed E-state index contributed by atoms with van der Waals surface area (Å²) < 4.78 is 39.8. The first kappa shape index (κ1) is 19.8. The van der Waals surface area contributed by atoms with Gasteiger partial charge in [0.05, 0.1) is 16.3 Å². The molecule has 26 heavy (non-hydrogen) atoms. The van der Waals surface area contributed by atoms with E-state index in [1.165, 1.54) is 11.0 Å². The smallest absolute Gasteiger partial charge is 0.255 e. The van der Waals surface area contributed by atoms with Crippen molar-refractivity contribution >= 4 is 29.1 Å². The molecule has 2 rings (SSSR count). The largest absolute Gasteiger partial charge is 0.329 e. The average Bonchev–Trinajstić information content (AvgIpc) is 2.62. The summed E-state index contributed by atoms with van der Waals surface area (Å²) in [5, 5.41) is 2.38. The van der Waals surface area contributed by atoms with Crippen molar-refractivity contribution < 1.29 is 22.8 Å². The fourth-order valence-electron chi connectivity index (χ4n) is 2.31. The number of carbonyl (C=O) groups is 2. The lowest BCUT2D eigenvalue weighted by atomic mass is 10.2. The second-order valence-corrected chi connectivity index (χ2v) is 5.88. The molecule has 0 radical (unpaired) electrons. The molecule has 0 bridgehead atoms. The van der Waals surface area contributed by atoms with E-state index < -0.39 is 41.5 Å². The van der Waals surface area contributed by atoms with E-state index in [1.807, 2.05) is 6.92 Å². The Morgan fingerprint density at radius 3 is 2.42 bits per heavy atom. The minimum atomic E-state index is -1.68. The standard InChI is InChI=1S/C18H16ClF3N2O2/c1-2-9-24(18(26)11-5-3-4-6-12(11)19)10-15(25)23-14-8-7-13(20)16(21)17(14)22/h3-8H,2,9-10H2,1H3,(H,23,25). The van der Waals surface area contributed by atoms with Crippen LogP contribution in [-0.4, -0.2) is 29.8 Å². The highest BCUT2D eigenvalue weighted by Crippen LogP contribution is 2.20. The third-order valence-electron chi connectivity index (χ3n) is 3.53. The summed E-state index contributed by atoms with van der Waals surface area (Å²) in [7, 11) is 0. The van der Waals surface area contributed by atoms with Gasteiger partial charge in [-0.05, 0) is 30.7 Å². The normalized spacial score (nSPS) is 10.5. The summed E-state index contributed by atoms with van der Waals surface area (Å²) in [6.45, 7) is 1.69. The van der Waals surface area contributed by atoms with Crippen molar-refractivity contribution in [2.45, 2.75) is 13.3 Å². The van der Waals surface area contributed by atoms with Crippen molar-refractivity contribution in [3.05, 3.63) is 64.4 Å². The predicted octanol–water partition coefficient (Wildman–Crippen LogP) is 4.25. The van der Waals surface area contributed by atoms with Crippen LogP contribution in [0.3, 0.4) is 0 Å². The molecule has 138 valence electrons. The second kappa shape index (κ2) is 8.71. The molecule has 0 saturated heterocycles. The molecule has 0 aliphatic heterocycles. The Kier molecular flexibility index (Phi) is 6.63. The molecule has 4 nitrogen and oxygen atoms in total. The first-order valence-electron chi connectivity index (χ1n) is 7.82. The van der Waals surface area contributed by atoms with Crippen molar-refractivity contribution in [3.8, 4) is 0 Å². The fourth-order valence-corrected chi connectivity index (χ4v) is 2.53. The van der Waals surface area contributed by atoms with Gasteiger partial charge in [0.1, 0.15) is 6.54 Å². The highest BCUT2D eigenvalue weighted by molar-refractivity contribution is 6.33. The van der Waals surface area contributed by atoms with Gasteiger partial charge in [-0.25, -0.2) is 13.2 Å². The molecule has 0 aliphatic rings. The molecule has 2 amide bonds. The first-order chi connectivity index (χ1) is 12.3. The van der Waals surface area contributed by atoms with Gasteiger partial charge in [0.25, 0.3) is 5.91 Å². The van der Waals surface area contributed by atoms with Crippen LogP contribution in [-0.2, 0) is 4.79 Å². The van der Waals surface area contributed by atoms with Crippen LogP contribution < -0.4 is 5.32 Å². The van der Waals surface area contributed by atoms with Crippen molar-refractivity contribution in [2.75, 3.05) is 18.4 Å². The minimum Gasteiger partial charge on any atom is -0.329 e. The lowest BCUT2D eigenvalue weighted by molar-refractivity contribution is -0.116. The SMILES string of the molecule is CCCN(CC(=O)Nc1ccc(F)c(F)c1F)C(=O)c1ccccc1Cl. The van der Waals surface area contributed by atoms with Gasteiger partial charge in [-0.2, -0.15) is 0 Å². The van der Waals surface area contributed by atoms with Gasteiger partial charge in [-0.15, -0.1) is 0 Å². The molecular formula is C18H16ClF3N2O2. The van der Waals surface area contributed by atoms with Crippen LogP contribution in [0.5, 0.6) is 0 Å². The average molecular weight is 385 g/mol. The van der Waals surface area contributed by atoms with Gasteiger partial charge < -0.3 is 10.2 Å². The molecule has 0 aliphatic carbocycles. The van der Waals surface area contributed by atoms with Crippen LogP contribution in [0, 0.1) is 17.5 Å². The second-order valence-electron chi connectivity index (χ2n) is 5.48. The van der Waals surface area contributed by atoms with E-state index in [0.717, 1.165) is 6.07 Å². The number of benzene rings is 2. The van der Waals surface area contributed by atoms with Crippen molar-refractivity contribution in [1.29, 1.82) is 0 Å². The Labute approximate surface area is 153 Å². The third kappa shape index (κ3) is 4.54. The molecular weight excluding hydrogens is 369 g/mol. The zero-order chi connectivity index (χ0) is 19.3. The van der Waals surface area contributed by atoms with E-state index in [1.54, 1.807) is 18.2 Å². The zero-order valence-electron chi connectivity index (χ0n) is 13.9. The molecule has 2 aromatic carbocycles. The Morgan fingerprint density at radius 2 is 1.77 bits per heavy atom. The molecule has 2 aromatic rings. The monoisotopic (exact) mass is 384 g/mol. The molecule has 0 fully saturated rings. The van der Waals surface area contributed by atoms with Crippen molar-refractivity contribution in [2.24, 2.45) is 0 Å². The molecule has 1 N–H and O–H groups in total. The van der Waals surface area contributed by atoms with Gasteiger partial charge in [-0.3, -0.25) is 9.59 Å². The maximum absolute atomic E-state index is 13.7. The van der Waals surface area contributed by atoms with Crippen LogP contribution >= 0.6 is 11.6 Å². The molecule has 0 atom stereocenters. The fraction of sp³-hybridized carbons (Fsp3) is 0.222. The van der Waals surface area contributed by atoms with Gasteiger partial charge in [0.15, 0.2) is 17.5 Å². The number of carbonyl (C=O) groups excluding carboxylic acids is 2. The highest BCUT2D eigenvalue weighted by atomic mass is 35.5. The van der Waals surface area contributed by atoms with Crippen LogP contribution in [0.1, 0.15) is 23.7 Å². The lowest BCUT2D eigenvalue weighted by Crippen LogP contribution is -2.38. The summed E-state index contributed by atoms with van der Waals surface area (Å²) in [4.78, 5) is 26.0. The summed E-state index contributed by atoms with van der Waals surface area (Å²) >= 11 is 6.01. The molecule has 0 saturated carbocycles. The number of rotatable bonds is 6. The minimum absolute atomic E-state index is 0.231. The molecule has 8 heteroatoms. The van der Waals surface area contributed by atoms with Crippen LogP contribution in [0.4, 0.5) is 18.9 Å². The number of halogens is 4. The zero-order valence-corrected chi connectivity index (χ0v) is 14.6. The molecule has 0 heterocycles. The predicted molar refractivity (Wildman–Crippen MR) is 92.6 cm³/mol. The Morgan fingerprint density at radius 1 is 1.08 bits per heavy atom. The van der Waals surface area contributed by atoms with Crippen molar-refractivity contribution in [1.82, 2.24) is 4.90 Å². The number of hydrogen-bond donors (Lipinski definition) is 1. The van der Waals surface area contributed by atoms with E-state index in [-0.39, 0.29) is 17.1 Å². The number of nitrogens with zero attached hydrogens (tertiary/aromatic N) is 1. The lowest BCUT2D eigenvalue weighted by Gasteiger charge is -2.22. The third-order valence-corrected chi connectivity index (χ3v) is 3.86. The Balaban J connectivity index is 2.15. The number of amides is 2. The van der Waals surface area contributed by atoms with Gasteiger partial charge in [0.2, 0.25) is 5.91 Å². The summed E-state index contributed by atoms with van der Waals surface area (Å²) in [5.41, 5.74) is -0.273. The number of nitrogens with one attached hydrogen (secondary N) is 1. The molecule has 0 unspecified atom stereocenters. The quantitative estimate of drug-likeness (QED) is 0.757. The summed E-state index contributed by atoms with van der Waals surface area (Å²) in [6, 6.07) is 8.00. The topological polar surface area (TPSA) is 49.4 Å². The Bertz CT molecular complexity index is 830. The van der Waals surface area contributed by atoms with Gasteiger partial charge >= 0.3 is 0 Å². The van der Waals surface area contributed by atoms with Crippen LogP contribution in [0.2, 0.25) is 5.02 Å². The molecule has 0 spiro atoms. The highest BCUT2D eigenvalue weighted by Gasteiger charge is 2.21. The van der Waals surface area contributed by atoms with E-state index in [2.05, 4.69) is 5.32 Å². The van der Waals surface area contributed by atoms with E-state index in [0.29, 0.717) is 12.5 Å². The van der Waals surface area contributed by atoms with Crippen LogP contribution in [0.15, 0.2) is 36.4 Å². The number of anilines is 1. The van der Waals surface area contributed by atoms with E-state index in [9.17, 15) is 22.8 Å². The van der Waals surface area contributed by atoms with Crippen molar-refractivity contribution in [3.63, 3.8) is 0 Å². The van der Waals surface area contributed by atoms with E-state index >= 15 is 0 Å². The number of hydrogen-bond acceptors (Lipinski definition) is 2. The maximum atomic E-state index is 13.7. The Hall–Kier alpha value is -2.54. The maximum Gasteiger partial charge on any atom is 0.255 e. The molecule has 0 aromatic heterocycles. The first-order valence-corrected chi connectivity index (χ1v) is 8.20. The van der Waals surface area contributed by atoms with E-state index in [4.69, 9.17) is 11.6 Å². The van der Waals surface area contributed by atoms with Gasteiger partial charge in [-0.1, -0.05) is 30.7 Å². The summed E-state index contributed by atoms with van der Waals surface area (Å²) in [6.07, 6.45) is 0.572. The summed E-state index contributed by atoms with van der Waals surface area (Å²) in [5.74, 6) is -5.75. The van der Waals surface area contributed by atoms with Gasteiger partial charge in [0, 0.05) is 6.54 Å². The van der Waals surface area contributed by atoms with Crippen LogP contribution in [0.25, 0.3) is 0 Å².